The molecule has 0 aromatic carbocycles. The smallest absolute Gasteiger partial charge is 0.137 e. The summed E-state index contributed by atoms with van der Waals surface area (Å²) in [7, 11) is 1.99. The molecule has 1 aromatic heterocycles. The van der Waals surface area contributed by atoms with Crippen LogP contribution in [0.15, 0.2) is 12.5 Å². The molecular formula is C11H17N3O. The number of aldehydes is 1. The Labute approximate surface area is 89.9 Å². The maximum absolute atomic E-state index is 10.9. The Morgan fingerprint density at radius 1 is 1.60 bits per heavy atom. The number of hydrogen-bond donors (Lipinski definition) is 0. The monoisotopic (exact) mass is 207 g/mol. The molecule has 0 radical (unpaired) electrons. The highest BCUT2D eigenvalue weighted by molar-refractivity contribution is 5.57. The second-order valence-electron chi connectivity index (χ2n) is 4.17. The minimum Gasteiger partial charge on any atom is -0.337 e. The molecule has 4 nitrogen and oxygen atoms in total. The fourth-order valence-corrected chi connectivity index (χ4v) is 2.11. The molecule has 15 heavy (non-hydrogen) atoms. The van der Waals surface area contributed by atoms with Gasteiger partial charge in [0.2, 0.25) is 0 Å². The fraction of sp³-hybridized carbons (Fsp3) is 0.636. The van der Waals surface area contributed by atoms with Crippen LogP contribution in [-0.2, 0) is 18.4 Å². The molecule has 1 fully saturated rings. The fourth-order valence-electron chi connectivity index (χ4n) is 2.11. The first-order valence-electron chi connectivity index (χ1n) is 5.46. The first kappa shape index (κ1) is 10.4. The number of imidazole rings is 1. The maximum atomic E-state index is 10.9. The topological polar surface area (TPSA) is 38.1 Å². The highest BCUT2D eigenvalue weighted by atomic mass is 16.1. The minimum absolute atomic E-state index is 0.105. The van der Waals surface area contributed by atoms with Crippen LogP contribution in [0.2, 0.25) is 0 Å². The number of hydrogen-bond acceptors (Lipinski definition) is 3. The lowest BCUT2D eigenvalue weighted by atomic mass is 10.0. The van der Waals surface area contributed by atoms with Crippen LogP contribution in [0, 0.1) is 0 Å². The lowest BCUT2D eigenvalue weighted by Crippen LogP contribution is -2.40. The summed E-state index contributed by atoms with van der Waals surface area (Å²) in [4.78, 5) is 17.2. The van der Waals surface area contributed by atoms with Crippen LogP contribution in [0.4, 0.5) is 0 Å². The van der Waals surface area contributed by atoms with Gasteiger partial charge < -0.3 is 9.36 Å². The van der Waals surface area contributed by atoms with Crippen molar-refractivity contribution in [3.8, 4) is 0 Å². The van der Waals surface area contributed by atoms with Gasteiger partial charge in [-0.25, -0.2) is 4.98 Å². The van der Waals surface area contributed by atoms with Gasteiger partial charge in [0.25, 0.3) is 0 Å². The Morgan fingerprint density at radius 2 is 2.47 bits per heavy atom. The van der Waals surface area contributed by atoms with Gasteiger partial charge in [0, 0.05) is 19.8 Å². The number of carbonyl (C=O) groups excluding carboxylic acids is 1. The van der Waals surface area contributed by atoms with Crippen molar-refractivity contribution < 1.29 is 4.79 Å². The van der Waals surface area contributed by atoms with Gasteiger partial charge in [0.05, 0.1) is 18.1 Å². The van der Waals surface area contributed by atoms with Gasteiger partial charge in [-0.2, -0.15) is 0 Å². The lowest BCUT2D eigenvalue weighted by Gasteiger charge is -2.31. The molecule has 1 atom stereocenters. The number of rotatable bonds is 3. The van der Waals surface area contributed by atoms with Crippen LogP contribution < -0.4 is 0 Å². The summed E-state index contributed by atoms with van der Waals surface area (Å²) in [6.07, 6.45) is 8.12. The van der Waals surface area contributed by atoms with Crippen molar-refractivity contribution in [1.82, 2.24) is 14.5 Å². The predicted molar refractivity (Wildman–Crippen MR) is 57.3 cm³/mol. The highest BCUT2D eigenvalue weighted by Crippen LogP contribution is 2.17. The number of nitrogens with zero attached hydrogens (tertiary/aromatic N) is 3. The Kier molecular flexibility index (Phi) is 3.16. The molecule has 1 aromatic rings. The van der Waals surface area contributed by atoms with Crippen LogP contribution in [-0.4, -0.2) is 33.3 Å². The first-order chi connectivity index (χ1) is 7.31. The molecule has 2 rings (SSSR count). The van der Waals surface area contributed by atoms with E-state index in [4.69, 9.17) is 0 Å². The molecule has 4 heteroatoms. The van der Waals surface area contributed by atoms with E-state index in [0.29, 0.717) is 0 Å². The number of likely N-dealkylation sites (tertiary alicyclic amines) is 1. The van der Waals surface area contributed by atoms with Crippen molar-refractivity contribution >= 4 is 6.29 Å². The number of piperidine rings is 1. The second-order valence-corrected chi connectivity index (χ2v) is 4.17. The average molecular weight is 207 g/mol. The van der Waals surface area contributed by atoms with Crippen molar-refractivity contribution in [1.29, 1.82) is 0 Å². The van der Waals surface area contributed by atoms with Crippen LogP contribution in [0.5, 0.6) is 0 Å². The molecule has 2 heterocycles. The highest BCUT2D eigenvalue weighted by Gasteiger charge is 2.22. The van der Waals surface area contributed by atoms with Crippen molar-refractivity contribution in [2.45, 2.75) is 31.8 Å². The molecule has 0 N–H and O–H groups in total. The summed E-state index contributed by atoms with van der Waals surface area (Å²) in [6, 6.07) is 0.105. The Balaban J connectivity index is 2.03. The quantitative estimate of drug-likeness (QED) is 0.693. The van der Waals surface area contributed by atoms with Gasteiger partial charge >= 0.3 is 0 Å². The minimum atomic E-state index is 0.105. The van der Waals surface area contributed by atoms with Gasteiger partial charge in [0.15, 0.2) is 0 Å². The summed E-state index contributed by atoms with van der Waals surface area (Å²) >= 11 is 0. The third kappa shape index (κ3) is 2.26. The zero-order valence-electron chi connectivity index (χ0n) is 9.09. The van der Waals surface area contributed by atoms with Gasteiger partial charge in [-0.05, 0) is 19.4 Å². The van der Waals surface area contributed by atoms with Gasteiger partial charge in [0.1, 0.15) is 6.29 Å². The van der Waals surface area contributed by atoms with E-state index >= 15 is 0 Å². The molecule has 1 saturated heterocycles. The van der Waals surface area contributed by atoms with Crippen LogP contribution in [0.1, 0.15) is 25.0 Å². The van der Waals surface area contributed by atoms with Crippen LogP contribution >= 0.6 is 0 Å². The lowest BCUT2D eigenvalue weighted by molar-refractivity contribution is -0.113. The van der Waals surface area contributed by atoms with E-state index in [1.54, 1.807) is 6.33 Å². The summed E-state index contributed by atoms with van der Waals surface area (Å²) in [6.45, 7) is 1.86. The van der Waals surface area contributed by atoms with Crippen LogP contribution in [0.3, 0.4) is 0 Å². The molecule has 1 aliphatic heterocycles. The van der Waals surface area contributed by atoms with Gasteiger partial charge in [-0.15, -0.1) is 0 Å². The summed E-state index contributed by atoms with van der Waals surface area (Å²) in [5.41, 5.74) is 1.17. The van der Waals surface area contributed by atoms with E-state index in [2.05, 4.69) is 9.88 Å². The number of aryl methyl sites for hydroxylation is 1. The van der Waals surface area contributed by atoms with E-state index in [1.807, 2.05) is 17.8 Å². The Bertz CT molecular complexity index is 334. The van der Waals surface area contributed by atoms with E-state index in [-0.39, 0.29) is 6.04 Å². The second kappa shape index (κ2) is 4.57. The van der Waals surface area contributed by atoms with Crippen molar-refractivity contribution in [2.24, 2.45) is 7.05 Å². The zero-order valence-corrected chi connectivity index (χ0v) is 9.09. The SMILES string of the molecule is Cn1cncc1CN1CCCCC1C=O. The molecule has 0 saturated carbocycles. The molecule has 82 valence electrons. The maximum Gasteiger partial charge on any atom is 0.137 e. The molecule has 1 aliphatic rings. The molecule has 0 aliphatic carbocycles. The first-order valence-corrected chi connectivity index (χ1v) is 5.46. The predicted octanol–water partition coefficient (Wildman–Crippen LogP) is 0.973. The van der Waals surface area contributed by atoms with Crippen molar-refractivity contribution in [3.63, 3.8) is 0 Å². The van der Waals surface area contributed by atoms with Crippen molar-refractivity contribution in [2.75, 3.05) is 6.54 Å². The van der Waals surface area contributed by atoms with Crippen LogP contribution in [0.25, 0.3) is 0 Å². The van der Waals surface area contributed by atoms with E-state index in [0.717, 1.165) is 25.8 Å². The summed E-state index contributed by atoms with van der Waals surface area (Å²) < 4.78 is 2.01. The summed E-state index contributed by atoms with van der Waals surface area (Å²) in [5.74, 6) is 0. The molecule has 0 bridgehead atoms. The third-order valence-corrected chi connectivity index (χ3v) is 3.10. The molecular weight excluding hydrogens is 190 g/mol. The van der Waals surface area contributed by atoms with Gasteiger partial charge in [-0.3, -0.25) is 4.90 Å². The number of carbonyl (C=O) groups is 1. The van der Waals surface area contributed by atoms with E-state index in [1.165, 1.54) is 18.5 Å². The zero-order chi connectivity index (χ0) is 10.7. The Hall–Kier alpha value is -1.16. The molecule has 0 spiro atoms. The Morgan fingerprint density at radius 3 is 3.13 bits per heavy atom. The molecule has 1 unspecified atom stereocenters. The molecule has 0 amide bonds. The average Bonchev–Trinajstić information content (AvgIpc) is 2.65. The summed E-state index contributed by atoms with van der Waals surface area (Å²) in [5, 5.41) is 0. The number of aromatic nitrogens is 2. The third-order valence-electron chi connectivity index (χ3n) is 3.10. The normalized spacial score (nSPS) is 22.9. The van der Waals surface area contributed by atoms with Crippen molar-refractivity contribution in [3.05, 3.63) is 18.2 Å². The van der Waals surface area contributed by atoms with Gasteiger partial charge in [-0.1, -0.05) is 6.42 Å². The largest absolute Gasteiger partial charge is 0.337 e. The van der Waals surface area contributed by atoms with E-state index < -0.39 is 0 Å². The standard InChI is InChI=1S/C11H17N3O/c1-13-9-12-6-11(13)7-14-5-3-2-4-10(14)8-15/h6,8-10H,2-5,7H2,1H3. The van der Waals surface area contributed by atoms with E-state index in [9.17, 15) is 4.79 Å².